The summed E-state index contributed by atoms with van der Waals surface area (Å²) in [5.74, 6) is 0.508. The van der Waals surface area contributed by atoms with Crippen molar-refractivity contribution in [1.82, 2.24) is 26.0 Å². The number of aromatic nitrogens is 3. The minimum atomic E-state index is -0.959. The van der Waals surface area contributed by atoms with Crippen LogP contribution >= 0.6 is 0 Å². The molecule has 8 heteroatoms. The molecule has 2 bridgehead atoms. The number of fused-ring (bicyclic) bond motifs is 3. The lowest BCUT2D eigenvalue weighted by atomic mass is 9.95. The maximum absolute atomic E-state index is 12.4. The number of hydrogen-bond acceptors (Lipinski definition) is 5. The average Bonchev–Trinajstić information content (AvgIpc) is 3.34. The van der Waals surface area contributed by atoms with Gasteiger partial charge in [-0.3, -0.25) is 9.59 Å². The molecule has 0 spiro atoms. The first-order valence-corrected chi connectivity index (χ1v) is 8.66. The molecule has 2 saturated carbocycles. The highest BCUT2D eigenvalue weighted by Gasteiger charge is 2.40. The van der Waals surface area contributed by atoms with Crippen LogP contribution in [0.15, 0.2) is 18.2 Å². The van der Waals surface area contributed by atoms with E-state index in [0.29, 0.717) is 28.4 Å². The van der Waals surface area contributed by atoms with Crippen LogP contribution in [0.4, 0.5) is 0 Å². The topological polar surface area (TPSA) is 120 Å². The molecule has 2 aromatic rings. The van der Waals surface area contributed by atoms with Gasteiger partial charge in [0.05, 0.1) is 6.61 Å². The number of aliphatic hydroxyl groups is 1. The highest BCUT2D eigenvalue weighted by Crippen LogP contribution is 2.44. The summed E-state index contributed by atoms with van der Waals surface area (Å²) in [6, 6.07) is 4.10. The van der Waals surface area contributed by atoms with Gasteiger partial charge in [-0.05, 0) is 49.3 Å². The molecule has 1 aromatic carbocycles. The lowest BCUT2D eigenvalue weighted by Crippen LogP contribution is -2.52. The number of nitrogens with zero attached hydrogens (tertiary/aromatic N) is 2. The Balaban J connectivity index is 1.40. The van der Waals surface area contributed by atoms with E-state index in [0.717, 1.165) is 12.8 Å². The van der Waals surface area contributed by atoms with Crippen LogP contribution < -0.4 is 10.6 Å². The number of amides is 2. The number of H-pyrrole nitrogens is 1. The Kier molecular flexibility index (Phi) is 4.12. The van der Waals surface area contributed by atoms with Crippen molar-refractivity contribution in [3.05, 3.63) is 23.8 Å². The van der Waals surface area contributed by atoms with Crippen molar-refractivity contribution in [3.8, 4) is 0 Å². The van der Waals surface area contributed by atoms with Crippen molar-refractivity contribution in [1.29, 1.82) is 0 Å². The first kappa shape index (κ1) is 16.0. The molecule has 132 valence electrons. The van der Waals surface area contributed by atoms with Gasteiger partial charge < -0.3 is 15.7 Å². The van der Waals surface area contributed by atoms with Crippen LogP contribution in [0.1, 0.15) is 36.0 Å². The van der Waals surface area contributed by atoms with Gasteiger partial charge in [0.2, 0.25) is 5.91 Å². The molecule has 2 amide bonds. The first-order chi connectivity index (χ1) is 12.1. The normalized spacial score (nSPS) is 25.9. The van der Waals surface area contributed by atoms with E-state index in [4.69, 9.17) is 0 Å². The number of carbonyl (C=O) groups is 2. The van der Waals surface area contributed by atoms with Crippen molar-refractivity contribution in [2.24, 2.45) is 11.8 Å². The third kappa shape index (κ3) is 3.09. The maximum Gasteiger partial charge on any atom is 0.252 e. The predicted molar refractivity (Wildman–Crippen MR) is 89.6 cm³/mol. The second-order valence-corrected chi connectivity index (χ2v) is 7.03. The van der Waals surface area contributed by atoms with Crippen LogP contribution in [-0.4, -0.2) is 51.0 Å². The molecule has 0 radical (unpaired) electrons. The van der Waals surface area contributed by atoms with E-state index in [-0.39, 0.29) is 11.9 Å². The summed E-state index contributed by atoms with van der Waals surface area (Å²) in [5.41, 5.74) is 1.59. The van der Waals surface area contributed by atoms with E-state index in [2.05, 4.69) is 26.0 Å². The van der Waals surface area contributed by atoms with Crippen molar-refractivity contribution in [2.45, 2.75) is 37.8 Å². The molecule has 0 aliphatic heterocycles. The largest absolute Gasteiger partial charge is 0.394 e. The van der Waals surface area contributed by atoms with Gasteiger partial charge in [0, 0.05) is 11.6 Å². The number of carbonyl (C=O) groups excluding carboxylic acids is 2. The molecule has 8 nitrogen and oxygen atoms in total. The predicted octanol–water partition coefficient (Wildman–Crippen LogP) is 0.353. The van der Waals surface area contributed by atoms with Crippen LogP contribution in [0.2, 0.25) is 0 Å². The van der Waals surface area contributed by atoms with E-state index >= 15 is 0 Å². The van der Waals surface area contributed by atoms with E-state index < -0.39 is 18.6 Å². The van der Waals surface area contributed by atoms with Crippen LogP contribution in [0, 0.1) is 11.8 Å². The summed E-state index contributed by atoms with van der Waals surface area (Å²) in [6.07, 6.45) is 4.59. The molecule has 2 aliphatic carbocycles. The lowest BCUT2D eigenvalue weighted by molar-refractivity contribution is -0.124. The quantitative estimate of drug-likeness (QED) is 0.624. The fourth-order valence-electron chi connectivity index (χ4n) is 4.12. The third-order valence-corrected chi connectivity index (χ3v) is 5.45. The molecular formula is C17H21N5O3. The molecule has 4 atom stereocenters. The van der Waals surface area contributed by atoms with Gasteiger partial charge in [0.25, 0.3) is 5.91 Å². The zero-order chi connectivity index (χ0) is 17.4. The van der Waals surface area contributed by atoms with Gasteiger partial charge in [-0.15, -0.1) is 0 Å². The van der Waals surface area contributed by atoms with Gasteiger partial charge in [-0.1, -0.05) is 6.42 Å². The standard InChI is InChI=1S/C17H21N5O3/c23-8-15(17(25)18-13-6-9-1-2-10(13)5-9)19-16(24)11-3-4-12-14(7-11)21-22-20-12/h3-4,7,9-10,13,15,23H,1-2,5-6,8H2,(H,18,25)(H,19,24)(H,20,21,22). The first-order valence-electron chi connectivity index (χ1n) is 8.66. The smallest absolute Gasteiger partial charge is 0.252 e. The maximum atomic E-state index is 12.4. The van der Waals surface area contributed by atoms with Crippen molar-refractivity contribution >= 4 is 22.8 Å². The van der Waals surface area contributed by atoms with Gasteiger partial charge in [-0.2, -0.15) is 15.4 Å². The minimum Gasteiger partial charge on any atom is -0.394 e. The van der Waals surface area contributed by atoms with E-state index in [1.807, 2.05) is 0 Å². The summed E-state index contributed by atoms with van der Waals surface area (Å²) in [7, 11) is 0. The van der Waals surface area contributed by atoms with Gasteiger partial charge in [0.1, 0.15) is 17.1 Å². The average molecular weight is 343 g/mol. The summed E-state index contributed by atoms with van der Waals surface area (Å²) < 4.78 is 0. The minimum absolute atomic E-state index is 0.170. The van der Waals surface area contributed by atoms with E-state index in [1.165, 1.54) is 12.8 Å². The Hall–Kier alpha value is -2.48. The molecule has 2 aliphatic rings. The molecule has 4 N–H and O–H groups in total. The van der Waals surface area contributed by atoms with Crippen LogP contribution in [-0.2, 0) is 4.79 Å². The Morgan fingerprint density at radius 1 is 1.24 bits per heavy atom. The monoisotopic (exact) mass is 343 g/mol. The zero-order valence-corrected chi connectivity index (χ0v) is 13.7. The van der Waals surface area contributed by atoms with Crippen LogP contribution in [0.25, 0.3) is 11.0 Å². The highest BCUT2D eigenvalue weighted by atomic mass is 16.3. The number of aliphatic hydroxyl groups excluding tert-OH is 1. The van der Waals surface area contributed by atoms with Crippen molar-refractivity contribution in [2.75, 3.05) is 6.61 Å². The molecule has 25 heavy (non-hydrogen) atoms. The van der Waals surface area contributed by atoms with E-state index in [9.17, 15) is 14.7 Å². The Labute approximate surface area is 144 Å². The second kappa shape index (κ2) is 6.44. The molecular weight excluding hydrogens is 322 g/mol. The van der Waals surface area contributed by atoms with Crippen LogP contribution in [0.5, 0.6) is 0 Å². The molecule has 2 fully saturated rings. The van der Waals surface area contributed by atoms with Gasteiger partial charge >= 0.3 is 0 Å². The Morgan fingerprint density at radius 2 is 2.08 bits per heavy atom. The fourth-order valence-corrected chi connectivity index (χ4v) is 4.12. The molecule has 4 rings (SSSR count). The number of aromatic amines is 1. The molecule has 4 unspecified atom stereocenters. The summed E-state index contributed by atoms with van der Waals surface area (Å²) >= 11 is 0. The summed E-state index contributed by atoms with van der Waals surface area (Å²) in [4.78, 5) is 24.8. The SMILES string of the molecule is O=C(NC(CO)C(=O)NC1CC2CCC1C2)c1ccc2n[nH]nc2c1. The van der Waals surface area contributed by atoms with Crippen molar-refractivity contribution in [3.63, 3.8) is 0 Å². The third-order valence-electron chi connectivity index (χ3n) is 5.45. The number of nitrogens with one attached hydrogen (secondary N) is 3. The Morgan fingerprint density at radius 3 is 2.80 bits per heavy atom. The molecule has 1 aromatic heterocycles. The zero-order valence-electron chi connectivity index (χ0n) is 13.7. The number of hydrogen-bond donors (Lipinski definition) is 4. The summed E-state index contributed by atoms with van der Waals surface area (Å²) in [5, 5.41) is 25.5. The van der Waals surface area contributed by atoms with Gasteiger partial charge in [-0.25, -0.2) is 0 Å². The second-order valence-electron chi connectivity index (χ2n) is 7.03. The molecule has 1 heterocycles. The van der Waals surface area contributed by atoms with Crippen molar-refractivity contribution < 1.29 is 14.7 Å². The van der Waals surface area contributed by atoms with Gasteiger partial charge in [0.15, 0.2) is 0 Å². The van der Waals surface area contributed by atoms with E-state index in [1.54, 1.807) is 18.2 Å². The number of rotatable bonds is 5. The number of benzene rings is 1. The molecule has 0 saturated heterocycles. The van der Waals surface area contributed by atoms with Crippen LogP contribution in [0.3, 0.4) is 0 Å². The summed E-state index contributed by atoms with van der Waals surface area (Å²) in [6.45, 7) is -0.440. The lowest BCUT2D eigenvalue weighted by Gasteiger charge is -2.25. The highest BCUT2D eigenvalue weighted by molar-refractivity contribution is 5.99. The fraction of sp³-hybridized carbons (Fsp3) is 0.529. The Bertz CT molecular complexity index is 804.